The summed E-state index contributed by atoms with van der Waals surface area (Å²) in [5, 5.41) is 0. The topological polar surface area (TPSA) is 20.2 Å². The zero-order valence-corrected chi connectivity index (χ0v) is 9.63. The molecule has 0 radical (unpaired) electrons. The Kier molecular flexibility index (Phi) is 483. The first-order valence-electron chi connectivity index (χ1n) is 0.258. The van der Waals surface area contributed by atoms with Gasteiger partial charge in [-0.2, -0.15) is 0 Å². The van der Waals surface area contributed by atoms with Gasteiger partial charge in [-0.1, -0.05) is 0 Å². The molecule has 0 aromatic carbocycles. The second kappa shape index (κ2) is 65.8. The van der Waals surface area contributed by atoms with E-state index in [1.807, 2.05) is 0 Å². The van der Waals surface area contributed by atoms with E-state index >= 15 is 0 Å². The molecule has 0 aromatic heterocycles. The fraction of sp³-hybridized carbons (Fsp3) is 0. The van der Waals surface area contributed by atoms with Crippen LogP contribution in [0.4, 0.5) is 0 Å². The summed E-state index contributed by atoms with van der Waals surface area (Å²) < 4.78 is 6.92. The van der Waals surface area contributed by atoms with Gasteiger partial charge in [0, 0.05) is 0 Å². The maximum absolute atomic E-state index is 6.92. The van der Waals surface area contributed by atoms with Crippen LogP contribution in [-0.2, 0) is 0 Å². The molecule has 0 spiro atoms. The monoisotopic (exact) mass is 224 g/mol. The normalized spacial score (nSPS) is 1.00. The first kappa shape index (κ1) is 51.4. The van der Waals surface area contributed by atoms with E-state index in [9.17, 15) is 0 Å². The molecule has 0 rings (SSSR count). The molecular weight excluding hydrogens is 225 g/mol. The molecule has 0 bridgehead atoms. The first-order chi connectivity index (χ1) is 1.00. The van der Waals surface area contributed by atoms with Gasteiger partial charge in [0.05, 0.1) is 0 Å². The van der Waals surface area contributed by atoms with Crippen molar-refractivity contribution in [2.24, 2.45) is 0 Å². The van der Waals surface area contributed by atoms with E-state index in [0.717, 1.165) is 0 Å². The molecule has 0 aliphatic carbocycles. The van der Waals surface area contributed by atoms with E-state index in [0.29, 0.717) is 0 Å². The standard InChI is InChI=1S/Al.Ca.4ClH.H2O/h;;4*1H;1H2/q+3;+2;;;;;/p-5. The molecule has 7 heavy (non-hydrogen) atoms. The van der Waals surface area contributed by atoms with Crippen molar-refractivity contribution in [2.75, 3.05) is 0 Å². The predicted molar refractivity (Wildman–Crippen MR) is 13.7 cm³/mol. The van der Waals surface area contributed by atoms with Crippen LogP contribution in [0.15, 0.2) is 0 Å². The summed E-state index contributed by atoms with van der Waals surface area (Å²) in [7, 11) is 0. The fourth-order valence-corrected chi connectivity index (χ4v) is 0. The molecule has 0 aliphatic heterocycles. The van der Waals surface area contributed by atoms with Gasteiger partial charge in [-0.3, -0.25) is 0 Å². The van der Waals surface area contributed by atoms with E-state index in [4.69, 9.17) is 4.16 Å². The van der Waals surface area contributed by atoms with Crippen LogP contribution < -0.4 is 49.6 Å². The van der Waals surface area contributed by atoms with E-state index in [-0.39, 0.29) is 87.4 Å². The summed E-state index contributed by atoms with van der Waals surface area (Å²) in [5.74, 6) is 0. The molecule has 7 heteroatoms. The van der Waals surface area contributed by atoms with E-state index < -0.39 is 0 Å². The third-order valence-corrected chi connectivity index (χ3v) is 0. The maximum atomic E-state index is 6.92. The third kappa shape index (κ3) is 50.2. The number of hydrogen-bond donors (Lipinski definition) is 1. The zero-order valence-electron chi connectivity index (χ0n) is 3.24. The molecule has 0 unspecified atom stereocenters. The summed E-state index contributed by atoms with van der Waals surface area (Å²) in [4.78, 5) is 0. The summed E-state index contributed by atoms with van der Waals surface area (Å²) in [5.41, 5.74) is 0. The summed E-state index contributed by atoms with van der Waals surface area (Å²) in [6.07, 6.45) is 0. The van der Waals surface area contributed by atoms with Crippen molar-refractivity contribution >= 4 is 54.4 Å². The number of halogens is 4. The van der Waals surface area contributed by atoms with Gasteiger partial charge in [0.2, 0.25) is 0 Å². The van der Waals surface area contributed by atoms with Crippen molar-refractivity contribution in [1.82, 2.24) is 0 Å². The van der Waals surface area contributed by atoms with Gasteiger partial charge >= 0.3 is 58.5 Å². The third-order valence-electron chi connectivity index (χ3n) is 0. The Labute approximate surface area is 106 Å². The molecule has 1 N–H and O–H groups in total. The van der Waals surface area contributed by atoms with E-state index in [2.05, 4.69) is 0 Å². The second-order valence-corrected chi connectivity index (χ2v) is 0. The predicted octanol–water partition coefficient (Wildman–Crippen LogP) is -13.3. The van der Waals surface area contributed by atoms with Crippen LogP contribution in [0.2, 0.25) is 0 Å². The SMILES string of the molecule is [Ca+2].[Cl-].[Cl-].[Cl-].[Cl-].[OH][Al+2]. The van der Waals surface area contributed by atoms with Gasteiger partial charge in [0.25, 0.3) is 0 Å². The van der Waals surface area contributed by atoms with Crippen LogP contribution in [0.3, 0.4) is 0 Å². The number of hydrogen-bond acceptors (Lipinski definition) is 1. The minimum atomic E-state index is 0. The van der Waals surface area contributed by atoms with Crippen LogP contribution >= 0.6 is 0 Å². The Morgan fingerprint density at radius 3 is 0.714 bits per heavy atom. The molecule has 0 amide bonds. The first-order valence-corrected chi connectivity index (χ1v) is 0.775. The minimum absolute atomic E-state index is 0. The number of rotatable bonds is 0. The molecule has 0 aromatic rings. The molecule has 0 saturated carbocycles. The second-order valence-electron chi connectivity index (χ2n) is 0. The van der Waals surface area contributed by atoms with Crippen LogP contribution in [-0.4, -0.2) is 58.5 Å². The summed E-state index contributed by atoms with van der Waals surface area (Å²) >= 11 is 1.42. The molecule has 0 aliphatic rings. The average molecular weight is 226 g/mol. The van der Waals surface area contributed by atoms with Gasteiger partial charge in [-0.25, -0.2) is 0 Å². The van der Waals surface area contributed by atoms with Crippen LogP contribution in [0.25, 0.3) is 0 Å². The van der Waals surface area contributed by atoms with Crippen molar-refractivity contribution in [1.29, 1.82) is 0 Å². The Morgan fingerprint density at radius 1 is 0.714 bits per heavy atom. The Bertz CT molecular complexity index is 11.7. The van der Waals surface area contributed by atoms with Crippen LogP contribution in [0.1, 0.15) is 0 Å². The van der Waals surface area contributed by atoms with Gasteiger partial charge in [-0.15, -0.1) is 0 Å². The Morgan fingerprint density at radius 2 is 0.714 bits per heavy atom. The van der Waals surface area contributed by atoms with Crippen molar-refractivity contribution in [3.63, 3.8) is 0 Å². The van der Waals surface area contributed by atoms with Crippen molar-refractivity contribution < 1.29 is 53.8 Å². The van der Waals surface area contributed by atoms with Crippen molar-refractivity contribution in [2.45, 2.75) is 0 Å². The van der Waals surface area contributed by atoms with Crippen LogP contribution in [0.5, 0.6) is 0 Å². The van der Waals surface area contributed by atoms with E-state index in [1.54, 1.807) is 0 Å². The van der Waals surface area contributed by atoms with Crippen LogP contribution in [0, 0.1) is 0 Å². The molecule has 0 heterocycles. The summed E-state index contributed by atoms with van der Waals surface area (Å²) in [6.45, 7) is 0. The van der Waals surface area contributed by atoms with Gasteiger partial charge in [-0.05, 0) is 0 Å². The van der Waals surface area contributed by atoms with Crippen molar-refractivity contribution in [3.8, 4) is 0 Å². The van der Waals surface area contributed by atoms with Gasteiger partial charge in [0.15, 0.2) is 0 Å². The molecule has 0 atom stereocenters. The average Bonchev–Trinajstić information content (AvgIpc) is 1.00. The summed E-state index contributed by atoms with van der Waals surface area (Å²) in [6, 6.07) is 0. The molecule has 1 nitrogen and oxygen atoms in total. The quantitative estimate of drug-likeness (QED) is 0.406. The van der Waals surface area contributed by atoms with Gasteiger partial charge in [0.1, 0.15) is 0 Å². The zero-order chi connectivity index (χ0) is 2.00. The van der Waals surface area contributed by atoms with E-state index in [1.165, 1.54) is 16.6 Å². The molecular formula is HAlCaCl4O. The molecule has 0 fully saturated rings. The molecule has 0 saturated heterocycles. The van der Waals surface area contributed by atoms with Crippen molar-refractivity contribution in [3.05, 3.63) is 0 Å². The Balaban J connectivity index is -0.000000000500. The molecule has 40 valence electrons. The fourth-order valence-electron chi connectivity index (χ4n) is 0. The van der Waals surface area contributed by atoms with Gasteiger partial charge < -0.3 is 49.6 Å². The Hall–Kier alpha value is 2.91.